The molecule has 0 amide bonds. The highest BCUT2D eigenvalue weighted by molar-refractivity contribution is 5.92. The highest BCUT2D eigenvalue weighted by Gasteiger charge is 2.15. The van der Waals surface area contributed by atoms with E-state index >= 15 is 0 Å². The van der Waals surface area contributed by atoms with Crippen LogP contribution in [0, 0.1) is 0 Å². The second-order valence-electron chi connectivity index (χ2n) is 4.19. The minimum atomic E-state index is -1.19. The first kappa shape index (κ1) is 14.3. The largest absolute Gasteiger partial charge is 0.477 e. The molecule has 0 spiro atoms. The Kier molecular flexibility index (Phi) is 4.14. The summed E-state index contributed by atoms with van der Waals surface area (Å²) in [5.41, 5.74) is 0.126. The van der Waals surface area contributed by atoms with Gasteiger partial charge in [0.2, 0.25) is 0 Å². The summed E-state index contributed by atoms with van der Waals surface area (Å²) in [5.74, 6) is -1.19. The molecule has 96 valence electrons. The molecular weight excluding hydrogens is 254 g/mol. The average molecular weight is 268 g/mol. The molecule has 2 aromatic rings. The summed E-state index contributed by atoms with van der Waals surface area (Å²) in [5, 5.41) is 9.78. The van der Waals surface area contributed by atoms with E-state index < -0.39 is 11.5 Å². The van der Waals surface area contributed by atoms with Crippen molar-refractivity contribution in [3.05, 3.63) is 46.2 Å². The van der Waals surface area contributed by atoms with Crippen molar-refractivity contribution < 1.29 is 9.90 Å². The molecule has 0 aliphatic carbocycles. The van der Waals surface area contributed by atoms with Crippen LogP contribution in [-0.4, -0.2) is 15.6 Å². The van der Waals surface area contributed by atoms with Crippen LogP contribution in [0.4, 0.5) is 0 Å². The minimum absolute atomic E-state index is 0. The van der Waals surface area contributed by atoms with E-state index in [9.17, 15) is 9.59 Å². The Bertz CT molecular complexity index is 646. The third kappa shape index (κ3) is 2.24. The minimum Gasteiger partial charge on any atom is -0.477 e. The second kappa shape index (κ2) is 5.23. The first-order chi connectivity index (χ1) is 8.02. The Morgan fingerprint density at radius 3 is 2.44 bits per heavy atom. The van der Waals surface area contributed by atoms with Gasteiger partial charge in [-0.2, -0.15) is 0 Å². The fourth-order valence-electron chi connectivity index (χ4n) is 1.95. The molecule has 0 saturated heterocycles. The molecule has 4 nitrogen and oxygen atoms in total. The van der Waals surface area contributed by atoms with Gasteiger partial charge in [0.25, 0.3) is 5.56 Å². The number of hydrogen-bond donors (Lipinski definition) is 1. The molecule has 18 heavy (non-hydrogen) atoms. The highest BCUT2D eigenvalue weighted by Crippen LogP contribution is 2.16. The molecule has 0 bridgehead atoms. The van der Waals surface area contributed by atoms with Crippen molar-refractivity contribution in [2.75, 3.05) is 0 Å². The molecule has 1 heterocycles. The van der Waals surface area contributed by atoms with Crippen molar-refractivity contribution in [1.82, 2.24) is 4.57 Å². The molecule has 0 aliphatic heterocycles. The number of aromatic carboxylic acids is 1. The van der Waals surface area contributed by atoms with Gasteiger partial charge in [0.15, 0.2) is 0 Å². The first-order valence-corrected chi connectivity index (χ1v) is 5.40. The van der Waals surface area contributed by atoms with E-state index in [1.54, 1.807) is 6.07 Å². The van der Waals surface area contributed by atoms with Gasteiger partial charge in [-0.15, -0.1) is 12.4 Å². The summed E-state index contributed by atoms with van der Waals surface area (Å²) in [4.78, 5) is 23.1. The third-order valence-electron chi connectivity index (χ3n) is 2.69. The van der Waals surface area contributed by atoms with E-state index in [2.05, 4.69) is 0 Å². The maximum absolute atomic E-state index is 12.0. The van der Waals surface area contributed by atoms with Crippen LogP contribution in [0.15, 0.2) is 35.1 Å². The predicted octanol–water partition coefficient (Wildman–Crippen LogP) is 2.70. The Labute approximate surface area is 110 Å². The quantitative estimate of drug-likeness (QED) is 0.910. The topological polar surface area (TPSA) is 59.3 Å². The van der Waals surface area contributed by atoms with Gasteiger partial charge in [-0.1, -0.05) is 18.2 Å². The number of para-hydroxylation sites is 1. The van der Waals surface area contributed by atoms with Crippen LogP contribution in [0.2, 0.25) is 0 Å². The normalized spacial score (nSPS) is 10.4. The summed E-state index contributed by atoms with van der Waals surface area (Å²) in [6.07, 6.45) is 0. The number of carboxylic acid groups (broad SMARTS) is 1. The van der Waals surface area contributed by atoms with Crippen molar-refractivity contribution >= 4 is 29.3 Å². The van der Waals surface area contributed by atoms with E-state index in [4.69, 9.17) is 5.11 Å². The molecule has 0 aliphatic rings. The zero-order valence-electron chi connectivity index (χ0n) is 10.1. The Morgan fingerprint density at radius 1 is 1.28 bits per heavy atom. The van der Waals surface area contributed by atoms with Gasteiger partial charge in [-0.25, -0.2) is 4.79 Å². The maximum atomic E-state index is 12.0. The Morgan fingerprint density at radius 2 is 1.89 bits per heavy atom. The van der Waals surface area contributed by atoms with Gasteiger partial charge >= 0.3 is 5.97 Å². The number of rotatable bonds is 2. The molecule has 0 saturated carbocycles. The molecule has 0 unspecified atom stereocenters. The van der Waals surface area contributed by atoms with Crippen molar-refractivity contribution in [3.63, 3.8) is 0 Å². The molecule has 1 aromatic carbocycles. The van der Waals surface area contributed by atoms with Crippen LogP contribution in [0.1, 0.15) is 30.2 Å². The molecule has 1 N–H and O–H groups in total. The van der Waals surface area contributed by atoms with Crippen molar-refractivity contribution in [2.24, 2.45) is 0 Å². The van der Waals surface area contributed by atoms with Crippen LogP contribution < -0.4 is 5.56 Å². The molecule has 5 heteroatoms. The van der Waals surface area contributed by atoms with Crippen LogP contribution in [0.5, 0.6) is 0 Å². The van der Waals surface area contributed by atoms with E-state index in [0.29, 0.717) is 0 Å². The highest BCUT2D eigenvalue weighted by atomic mass is 35.5. The van der Waals surface area contributed by atoms with Gasteiger partial charge in [-0.05, 0) is 31.4 Å². The second-order valence-corrected chi connectivity index (χ2v) is 4.19. The van der Waals surface area contributed by atoms with Crippen molar-refractivity contribution in [3.8, 4) is 0 Å². The standard InChI is InChI=1S/C13H13NO3.ClH/c1-8(2)14-11-6-4-3-5-9(11)7-10(12(14)15)13(16)17;/h3-8H,1-2H3,(H,16,17);1H. The zero-order chi connectivity index (χ0) is 12.6. The molecular formula is C13H14ClNO3. The number of pyridine rings is 1. The summed E-state index contributed by atoms with van der Waals surface area (Å²) >= 11 is 0. The fraction of sp³-hybridized carbons (Fsp3) is 0.231. The van der Waals surface area contributed by atoms with Crippen molar-refractivity contribution in [2.45, 2.75) is 19.9 Å². The monoisotopic (exact) mass is 267 g/mol. The summed E-state index contributed by atoms with van der Waals surface area (Å²) in [6.45, 7) is 3.72. The molecule has 1 aromatic heterocycles. The number of benzene rings is 1. The van der Waals surface area contributed by atoms with Crippen molar-refractivity contribution in [1.29, 1.82) is 0 Å². The number of halogens is 1. The Balaban J connectivity index is 0.00000162. The smallest absolute Gasteiger partial charge is 0.341 e. The number of aromatic nitrogens is 1. The van der Waals surface area contributed by atoms with Crippen LogP contribution >= 0.6 is 12.4 Å². The lowest BCUT2D eigenvalue weighted by molar-refractivity contribution is 0.0694. The average Bonchev–Trinajstić information content (AvgIpc) is 2.27. The van der Waals surface area contributed by atoms with E-state index in [0.717, 1.165) is 10.9 Å². The number of fused-ring (bicyclic) bond motifs is 1. The molecule has 0 fully saturated rings. The fourth-order valence-corrected chi connectivity index (χ4v) is 1.95. The number of carboxylic acids is 1. The van der Waals surface area contributed by atoms with Gasteiger partial charge in [-0.3, -0.25) is 4.79 Å². The summed E-state index contributed by atoms with van der Waals surface area (Å²) in [6, 6.07) is 8.64. The lowest BCUT2D eigenvalue weighted by atomic mass is 10.1. The van der Waals surface area contributed by atoms with Crippen LogP contribution in [-0.2, 0) is 0 Å². The zero-order valence-corrected chi connectivity index (χ0v) is 10.9. The van der Waals surface area contributed by atoms with E-state index in [-0.39, 0.29) is 24.0 Å². The third-order valence-corrected chi connectivity index (χ3v) is 2.69. The predicted molar refractivity (Wildman–Crippen MR) is 72.8 cm³/mol. The molecule has 0 radical (unpaired) electrons. The summed E-state index contributed by atoms with van der Waals surface area (Å²) < 4.78 is 1.51. The van der Waals surface area contributed by atoms with E-state index in [1.807, 2.05) is 32.0 Å². The number of nitrogens with zero attached hydrogens (tertiary/aromatic N) is 1. The lowest BCUT2D eigenvalue weighted by Crippen LogP contribution is -2.27. The SMILES string of the molecule is CC(C)n1c(=O)c(C(=O)O)cc2ccccc21.Cl. The van der Waals surface area contributed by atoms with Gasteiger partial charge in [0, 0.05) is 6.04 Å². The number of hydrogen-bond acceptors (Lipinski definition) is 2. The van der Waals surface area contributed by atoms with Gasteiger partial charge in [0.05, 0.1) is 5.52 Å². The van der Waals surface area contributed by atoms with Gasteiger partial charge < -0.3 is 9.67 Å². The maximum Gasteiger partial charge on any atom is 0.341 e. The van der Waals surface area contributed by atoms with E-state index in [1.165, 1.54) is 10.6 Å². The van der Waals surface area contributed by atoms with Crippen LogP contribution in [0.25, 0.3) is 10.9 Å². The van der Waals surface area contributed by atoms with Crippen LogP contribution in [0.3, 0.4) is 0 Å². The molecule has 2 rings (SSSR count). The van der Waals surface area contributed by atoms with Gasteiger partial charge in [0.1, 0.15) is 5.56 Å². The first-order valence-electron chi connectivity index (χ1n) is 5.40. The summed E-state index contributed by atoms with van der Waals surface area (Å²) in [7, 11) is 0. The lowest BCUT2D eigenvalue weighted by Gasteiger charge is -2.14. The Hall–Kier alpha value is -1.81. The molecule has 0 atom stereocenters. The number of carbonyl (C=O) groups is 1.